The molecular weight excluding hydrogens is 444 g/mol. The van der Waals surface area contributed by atoms with Crippen molar-refractivity contribution in [2.75, 3.05) is 13.1 Å². The van der Waals surface area contributed by atoms with Crippen LogP contribution in [0.25, 0.3) is 0 Å². The van der Waals surface area contributed by atoms with Crippen molar-refractivity contribution in [3.8, 4) is 0 Å². The molecule has 3 rings (SSSR count). The maximum absolute atomic E-state index is 13.0. The van der Waals surface area contributed by atoms with E-state index in [0.717, 1.165) is 11.1 Å². The third-order valence-corrected chi connectivity index (χ3v) is 5.77. The van der Waals surface area contributed by atoms with E-state index in [1.807, 2.05) is 80.3 Å². The van der Waals surface area contributed by atoms with Gasteiger partial charge >= 0.3 is 12.1 Å². The molecule has 0 atom stereocenters. The van der Waals surface area contributed by atoms with E-state index in [4.69, 9.17) is 9.47 Å². The number of benzene rings is 2. The van der Waals surface area contributed by atoms with E-state index in [-0.39, 0.29) is 24.5 Å². The summed E-state index contributed by atoms with van der Waals surface area (Å²) in [6.07, 6.45) is 2.66. The highest BCUT2D eigenvalue weighted by Crippen LogP contribution is 2.17. The quantitative estimate of drug-likeness (QED) is 0.544. The number of nitrogens with zero attached hydrogens (tertiary/aromatic N) is 1. The molecule has 1 aliphatic heterocycles. The van der Waals surface area contributed by atoms with Crippen molar-refractivity contribution in [1.82, 2.24) is 10.2 Å². The number of alkyl carbamates (subject to hydrolysis) is 1. The number of hydrogen-bond donors (Lipinski definition) is 1. The highest BCUT2D eigenvalue weighted by molar-refractivity contribution is 5.94. The minimum atomic E-state index is -0.533. The Kier molecular flexibility index (Phi) is 9.29. The number of carbonyl (C=O) groups is 3. The summed E-state index contributed by atoms with van der Waals surface area (Å²) < 4.78 is 10.6. The summed E-state index contributed by atoms with van der Waals surface area (Å²) in [5, 5.41) is 2.90. The van der Waals surface area contributed by atoms with Crippen LogP contribution in [0.4, 0.5) is 4.79 Å². The fourth-order valence-electron chi connectivity index (χ4n) is 3.99. The predicted molar refractivity (Wildman–Crippen MR) is 134 cm³/mol. The molecular formula is C28H36N2O5. The van der Waals surface area contributed by atoms with E-state index in [1.54, 1.807) is 0 Å². The van der Waals surface area contributed by atoms with Crippen molar-refractivity contribution < 1.29 is 23.9 Å². The number of piperidine rings is 1. The van der Waals surface area contributed by atoms with Crippen LogP contribution in [-0.4, -0.2) is 47.6 Å². The van der Waals surface area contributed by atoms with Crippen LogP contribution in [0.5, 0.6) is 0 Å². The number of esters is 1. The van der Waals surface area contributed by atoms with Crippen LogP contribution >= 0.6 is 0 Å². The van der Waals surface area contributed by atoms with Crippen LogP contribution in [0, 0.1) is 0 Å². The second-order valence-electron chi connectivity index (χ2n) is 9.91. The fourth-order valence-corrected chi connectivity index (χ4v) is 3.99. The number of hydrogen-bond acceptors (Lipinski definition) is 5. The van der Waals surface area contributed by atoms with E-state index in [2.05, 4.69) is 5.32 Å². The SMILES string of the molecule is CC(C)(C)OC(=O)NC1CCN(C(=O)c2cccc(CCCC(=O)OCc3ccccc3)c2)CC1. The lowest BCUT2D eigenvalue weighted by molar-refractivity contribution is -0.145. The predicted octanol–water partition coefficient (Wildman–Crippen LogP) is 4.88. The van der Waals surface area contributed by atoms with Crippen LogP contribution in [-0.2, 0) is 27.3 Å². The maximum atomic E-state index is 13.0. The van der Waals surface area contributed by atoms with Crippen molar-refractivity contribution in [2.45, 2.75) is 71.1 Å². The zero-order valence-electron chi connectivity index (χ0n) is 20.9. The Morgan fingerprint density at radius 1 is 0.971 bits per heavy atom. The molecule has 7 heteroatoms. The molecule has 0 radical (unpaired) electrons. The second-order valence-corrected chi connectivity index (χ2v) is 9.91. The Hall–Kier alpha value is -3.35. The number of amides is 2. The average molecular weight is 481 g/mol. The van der Waals surface area contributed by atoms with Crippen LogP contribution in [0.1, 0.15) is 67.9 Å². The largest absolute Gasteiger partial charge is 0.461 e. The molecule has 7 nitrogen and oxygen atoms in total. The minimum Gasteiger partial charge on any atom is -0.461 e. The minimum absolute atomic E-state index is 0.00174. The molecule has 35 heavy (non-hydrogen) atoms. The van der Waals surface area contributed by atoms with Gasteiger partial charge in [-0.2, -0.15) is 0 Å². The van der Waals surface area contributed by atoms with E-state index in [1.165, 1.54) is 0 Å². The Labute approximate surface area is 207 Å². The summed E-state index contributed by atoms with van der Waals surface area (Å²) >= 11 is 0. The molecule has 1 aliphatic rings. The molecule has 0 aliphatic carbocycles. The van der Waals surface area contributed by atoms with Crippen molar-refractivity contribution in [3.63, 3.8) is 0 Å². The summed E-state index contributed by atoms with van der Waals surface area (Å²) in [6.45, 7) is 6.94. The van der Waals surface area contributed by atoms with Gasteiger partial charge in [-0.1, -0.05) is 42.5 Å². The summed E-state index contributed by atoms with van der Waals surface area (Å²) in [5.41, 5.74) is 2.10. The van der Waals surface area contributed by atoms with Crippen LogP contribution in [0.3, 0.4) is 0 Å². The van der Waals surface area contributed by atoms with E-state index >= 15 is 0 Å². The van der Waals surface area contributed by atoms with Crippen molar-refractivity contribution in [2.24, 2.45) is 0 Å². The number of likely N-dealkylation sites (tertiary alicyclic amines) is 1. The Bertz CT molecular complexity index is 992. The van der Waals surface area contributed by atoms with Gasteiger partial charge in [0.2, 0.25) is 0 Å². The topological polar surface area (TPSA) is 84.9 Å². The Morgan fingerprint density at radius 2 is 1.66 bits per heavy atom. The first kappa shape index (κ1) is 26.3. The molecule has 2 amide bonds. The molecule has 1 N–H and O–H groups in total. The first-order chi connectivity index (χ1) is 16.7. The van der Waals surface area contributed by atoms with Gasteiger partial charge in [-0.05, 0) is 69.7 Å². The third kappa shape index (κ3) is 9.08. The van der Waals surface area contributed by atoms with E-state index < -0.39 is 11.7 Å². The monoisotopic (exact) mass is 480 g/mol. The standard InChI is InChI=1S/C28H36N2O5/c1-28(2,3)35-27(33)29-24-15-17-30(18-16-24)26(32)23-13-7-11-21(19-23)12-8-14-25(31)34-20-22-9-5-4-6-10-22/h4-7,9-11,13,19,24H,8,12,14-18,20H2,1-3H3,(H,29,33). The van der Waals surface area contributed by atoms with Crippen molar-refractivity contribution in [1.29, 1.82) is 0 Å². The number of ether oxygens (including phenoxy) is 2. The van der Waals surface area contributed by atoms with Gasteiger partial charge in [-0.3, -0.25) is 9.59 Å². The average Bonchev–Trinajstić information content (AvgIpc) is 2.82. The van der Waals surface area contributed by atoms with Gasteiger partial charge in [0, 0.05) is 31.1 Å². The van der Waals surface area contributed by atoms with E-state index in [9.17, 15) is 14.4 Å². The fraction of sp³-hybridized carbons (Fsp3) is 0.464. The number of carbonyl (C=O) groups excluding carboxylic acids is 3. The van der Waals surface area contributed by atoms with Gasteiger partial charge in [-0.15, -0.1) is 0 Å². The molecule has 0 unspecified atom stereocenters. The smallest absolute Gasteiger partial charge is 0.407 e. The molecule has 0 aromatic heterocycles. The van der Waals surface area contributed by atoms with Crippen molar-refractivity contribution in [3.05, 3.63) is 71.3 Å². The van der Waals surface area contributed by atoms with Crippen molar-refractivity contribution >= 4 is 18.0 Å². The lowest BCUT2D eigenvalue weighted by atomic mass is 10.0. The molecule has 188 valence electrons. The summed E-state index contributed by atoms with van der Waals surface area (Å²) in [6, 6.07) is 17.2. The summed E-state index contributed by atoms with van der Waals surface area (Å²) in [5.74, 6) is -0.228. The first-order valence-electron chi connectivity index (χ1n) is 12.3. The zero-order valence-corrected chi connectivity index (χ0v) is 20.9. The third-order valence-electron chi connectivity index (χ3n) is 5.77. The van der Waals surface area contributed by atoms with Crippen LogP contribution < -0.4 is 5.32 Å². The number of rotatable bonds is 8. The number of nitrogens with one attached hydrogen (secondary N) is 1. The van der Waals surface area contributed by atoms with Gasteiger partial charge in [-0.25, -0.2) is 4.79 Å². The number of aryl methyl sites for hydroxylation is 1. The molecule has 1 heterocycles. The maximum Gasteiger partial charge on any atom is 0.407 e. The molecule has 1 saturated heterocycles. The lowest BCUT2D eigenvalue weighted by Crippen LogP contribution is -2.47. The Balaban J connectivity index is 1.41. The van der Waals surface area contributed by atoms with Crippen LogP contribution in [0.2, 0.25) is 0 Å². The molecule has 0 spiro atoms. The summed E-state index contributed by atoms with van der Waals surface area (Å²) in [7, 11) is 0. The molecule has 1 fully saturated rings. The molecule has 0 saturated carbocycles. The highest BCUT2D eigenvalue weighted by atomic mass is 16.6. The van der Waals surface area contributed by atoms with Gasteiger partial charge in [0.05, 0.1) is 0 Å². The molecule has 0 bridgehead atoms. The second kappa shape index (κ2) is 12.4. The van der Waals surface area contributed by atoms with Gasteiger partial charge in [0.25, 0.3) is 5.91 Å². The van der Waals surface area contributed by atoms with Gasteiger partial charge in [0.15, 0.2) is 0 Å². The zero-order chi connectivity index (χ0) is 25.3. The normalized spacial score (nSPS) is 14.3. The Morgan fingerprint density at radius 3 is 2.34 bits per heavy atom. The van der Waals surface area contributed by atoms with E-state index in [0.29, 0.717) is 50.8 Å². The highest BCUT2D eigenvalue weighted by Gasteiger charge is 2.26. The molecule has 2 aromatic rings. The van der Waals surface area contributed by atoms with Gasteiger partial charge < -0.3 is 19.7 Å². The summed E-state index contributed by atoms with van der Waals surface area (Å²) in [4.78, 5) is 38.9. The molecule has 2 aromatic carbocycles. The first-order valence-corrected chi connectivity index (χ1v) is 12.3. The van der Waals surface area contributed by atoms with Crippen LogP contribution in [0.15, 0.2) is 54.6 Å². The van der Waals surface area contributed by atoms with Gasteiger partial charge in [0.1, 0.15) is 12.2 Å². The lowest BCUT2D eigenvalue weighted by Gasteiger charge is -2.33.